The van der Waals surface area contributed by atoms with Crippen molar-refractivity contribution in [1.29, 1.82) is 0 Å². The molecule has 1 aliphatic rings. The first-order valence-corrected chi connectivity index (χ1v) is 4.78. The zero-order valence-corrected chi connectivity index (χ0v) is 8.30. The standard InChI is InChI=1S/C10H20O2/c1-9(2,12)10(3)7-5-4-6-8(10)11/h8,11-12H,4-7H2,1-3H3/t8-,10-/m0/s1. The molecule has 2 N–H and O–H groups in total. The SMILES string of the molecule is CC(C)(O)[C@@]1(C)CCCC[C@@H]1O. The molecule has 0 spiro atoms. The molecule has 0 aromatic carbocycles. The van der Waals surface area contributed by atoms with Crippen molar-refractivity contribution in [1.82, 2.24) is 0 Å². The van der Waals surface area contributed by atoms with Crippen molar-refractivity contribution in [3.63, 3.8) is 0 Å². The van der Waals surface area contributed by atoms with Gasteiger partial charge in [-0.25, -0.2) is 0 Å². The van der Waals surface area contributed by atoms with Gasteiger partial charge < -0.3 is 10.2 Å². The lowest BCUT2D eigenvalue weighted by Crippen LogP contribution is -2.51. The molecule has 1 fully saturated rings. The monoisotopic (exact) mass is 172 g/mol. The van der Waals surface area contributed by atoms with Gasteiger partial charge in [0.2, 0.25) is 0 Å². The lowest BCUT2D eigenvalue weighted by Gasteiger charge is -2.46. The maximum absolute atomic E-state index is 9.91. The smallest absolute Gasteiger partial charge is 0.0669 e. The fourth-order valence-corrected chi connectivity index (χ4v) is 2.03. The van der Waals surface area contributed by atoms with E-state index in [0.29, 0.717) is 0 Å². The van der Waals surface area contributed by atoms with Crippen LogP contribution in [-0.4, -0.2) is 21.9 Å². The summed E-state index contributed by atoms with van der Waals surface area (Å²) in [5.74, 6) is 0. The average molecular weight is 172 g/mol. The molecule has 0 unspecified atom stereocenters. The lowest BCUT2D eigenvalue weighted by atomic mass is 9.64. The number of aliphatic hydroxyl groups is 2. The van der Waals surface area contributed by atoms with Crippen LogP contribution in [-0.2, 0) is 0 Å². The lowest BCUT2D eigenvalue weighted by molar-refractivity contribution is -0.132. The van der Waals surface area contributed by atoms with E-state index in [2.05, 4.69) is 0 Å². The van der Waals surface area contributed by atoms with Crippen LogP contribution in [0.2, 0.25) is 0 Å². The first kappa shape index (κ1) is 10.0. The van der Waals surface area contributed by atoms with Crippen molar-refractivity contribution < 1.29 is 10.2 Å². The third-order valence-electron chi connectivity index (χ3n) is 3.56. The summed E-state index contributed by atoms with van der Waals surface area (Å²) in [6, 6.07) is 0. The summed E-state index contributed by atoms with van der Waals surface area (Å²) in [5, 5.41) is 19.7. The number of aliphatic hydroxyl groups excluding tert-OH is 1. The van der Waals surface area contributed by atoms with Gasteiger partial charge in [0.05, 0.1) is 11.7 Å². The molecule has 72 valence electrons. The van der Waals surface area contributed by atoms with Crippen LogP contribution in [0.1, 0.15) is 46.5 Å². The van der Waals surface area contributed by atoms with Gasteiger partial charge in [0.1, 0.15) is 0 Å². The molecule has 0 amide bonds. The fraction of sp³-hybridized carbons (Fsp3) is 1.00. The molecule has 1 rings (SSSR count). The van der Waals surface area contributed by atoms with E-state index >= 15 is 0 Å². The second-order valence-electron chi connectivity index (χ2n) is 4.74. The third-order valence-corrected chi connectivity index (χ3v) is 3.56. The van der Waals surface area contributed by atoms with Gasteiger partial charge >= 0.3 is 0 Å². The molecule has 2 atom stereocenters. The zero-order valence-electron chi connectivity index (χ0n) is 8.30. The third kappa shape index (κ3) is 1.50. The van der Waals surface area contributed by atoms with Crippen molar-refractivity contribution in [2.75, 3.05) is 0 Å². The second-order valence-corrected chi connectivity index (χ2v) is 4.74. The summed E-state index contributed by atoms with van der Waals surface area (Å²) in [6.45, 7) is 5.57. The molecule has 0 bridgehead atoms. The fourth-order valence-electron chi connectivity index (χ4n) is 2.03. The van der Waals surface area contributed by atoms with Gasteiger partial charge in [-0.2, -0.15) is 0 Å². The molecule has 1 aliphatic carbocycles. The van der Waals surface area contributed by atoms with Crippen molar-refractivity contribution in [3.05, 3.63) is 0 Å². The van der Waals surface area contributed by atoms with E-state index in [9.17, 15) is 10.2 Å². The largest absolute Gasteiger partial charge is 0.392 e. The quantitative estimate of drug-likeness (QED) is 0.632. The minimum absolute atomic E-state index is 0.314. The number of hydrogen-bond acceptors (Lipinski definition) is 2. The Balaban J connectivity index is 2.79. The van der Waals surface area contributed by atoms with Crippen LogP contribution in [0.15, 0.2) is 0 Å². The molecule has 2 nitrogen and oxygen atoms in total. The second kappa shape index (κ2) is 3.00. The molecular weight excluding hydrogens is 152 g/mol. The molecule has 1 saturated carbocycles. The van der Waals surface area contributed by atoms with Crippen LogP contribution < -0.4 is 0 Å². The number of hydrogen-bond donors (Lipinski definition) is 2. The first-order chi connectivity index (χ1) is 5.38. The number of rotatable bonds is 1. The molecule has 0 aliphatic heterocycles. The van der Waals surface area contributed by atoms with Crippen molar-refractivity contribution in [3.8, 4) is 0 Å². The summed E-state index contributed by atoms with van der Waals surface area (Å²) >= 11 is 0. The molecule has 0 radical (unpaired) electrons. The van der Waals surface area contributed by atoms with Crippen molar-refractivity contribution in [2.24, 2.45) is 5.41 Å². The highest BCUT2D eigenvalue weighted by Gasteiger charge is 2.46. The van der Waals surface area contributed by atoms with Gasteiger partial charge in [0, 0.05) is 5.41 Å². The van der Waals surface area contributed by atoms with Crippen LogP contribution in [0, 0.1) is 5.41 Å². The van der Waals surface area contributed by atoms with Gasteiger partial charge in [-0.3, -0.25) is 0 Å². The minimum atomic E-state index is -0.771. The van der Waals surface area contributed by atoms with E-state index in [0.717, 1.165) is 25.7 Å². The van der Waals surface area contributed by atoms with E-state index in [1.807, 2.05) is 6.92 Å². The van der Waals surface area contributed by atoms with Gasteiger partial charge in [-0.15, -0.1) is 0 Å². The van der Waals surface area contributed by atoms with Gasteiger partial charge in [0.15, 0.2) is 0 Å². The van der Waals surface area contributed by atoms with Crippen molar-refractivity contribution >= 4 is 0 Å². The molecule has 2 heteroatoms. The Morgan fingerprint density at radius 2 is 1.92 bits per heavy atom. The van der Waals surface area contributed by atoms with Crippen LogP contribution in [0.25, 0.3) is 0 Å². The Morgan fingerprint density at radius 3 is 2.25 bits per heavy atom. The van der Waals surface area contributed by atoms with E-state index in [-0.39, 0.29) is 11.5 Å². The summed E-state index contributed by atoms with van der Waals surface area (Å²) in [6.07, 6.45) is 3.63. The molecule has 0 saturated heterocycles. The van der Waals surface area contributed by atoms with E-state index in [4.69, 9.17) is 0 Å². The average Bonchev–Trinajstić information content (AvgIpc) is 1.93. The van der Waals surface area contributed by atoms with Gasteiger partial charge in [-0.1, -0.05) is 19.8 Å². The normalized spacial score (nSPS) is 38.2. The summed E-state index contributed by atoms with van der Waals surface area (Å²) < 4.78 is 0. The van der Waals surface area contributed by atoms with Crippen LogP contribution in [0.3, 0.4) is 0 Å². The predicted octanol–water partition coefficient (Wildman–Crippen LogP) is 1.70. The summed E-state index contributed by atoms with van der Waals surface area (Å²) in [7, 11) is 0. The Labute approximate surface area is 74.6 Å². The Kier molecular flexibility index (Phi) is 2.50. The van der Waals surface area contributed by atoms with E-state index < -0.39 is 5.60 Å². The van der Waals surface area contributed by atoms with E-state index in [1.165, 1.54) is 0 Å². The first-order valence-electron chi connectivity index (χ1n) is 4.78. The summed E-state index contributed by atoms with van der Waals surface area (Å²) in [5.41, 5.74) is -1.09. The van der Waals surface area contributed by atoms with Crippen LogP contribution in [0.5, 0.6) is 0 Å². The van der Waals surface area contributed by atoms with Crippen molar-refractivity contribution in [2.45, 2.75) is 58.2 Å². The Morgan fingerprint density at radius 1 is 1.33 bits per heavy atom. The maximum atomic E-state index is 9.91. The molecular formula is C10H20O2. The van der Waals surface area contributed by atoms with E-state index in [1.54, 1.807) is 13.8 Å². The van der Waals surface area contributed by atoms with Gasteiger partial charge in [0.25, 0.3) is 0 Å². The predicted molar refractivity (Wildman–Crippen MR) is 48.9 cm³/mol. The maximum Gasteiger partial charge on any atom is 0.0669 e. The Hall–Kier alpha value is -0.0800. The molecule has 0 heterocycles. The van der Waals surface area contributed by atoms with Gasteiger partial charge in [-0.05, 0) is 26.7 Å². The van der Waals surface area contributed by atoms with Crippen LogP contribution >= 0.6 is 0 Å². The Bertz CT molecular complexity index is 160. The minimum Gasteiger partial charge on any atom is -0.392 e. The highest BCUT2D eigenvalue weighted by atomic mass is 16.3. The highest BCUT2D eigenvalue weighted by Crippen LogP contribution is 2.44. The molecule has 12 heavy (non-hydrogen) atoms. The summed E-state index contributed by atoms with van der Waals surface area (Å²) in [4.78, 5) is 0. The highest BCUT2D eigenvalue weighted by molar-refractivity contribution is 4.96. The topological polar surface area (TPSA) is 40.5 Å². The molecule has 0 aromatic rings. The zero-order chi connectivity index (χ0) is 9.41. The molecule has 0 aromatic heterocycles. The van der Waals surface area contributed by atoms with Crippen LogP contribution in [0.4, 0.5) is 0 Å².